The highest BCUT2D eigenvalue weighted by molar-refractivity contribution is 7.81. The summed E-state index contributed by atoms with van der Waals surface area (Å²) in [6.45, 7) is 0. The average Bonchev–Trinajstić information content (AvgIpc) is 2.43. The molecular formula is C11H11N3O2S. The van der Waals surface area contributed by atoms with Gasteiger partial charge in [-0.1, -0.05) is 24.4 Å². The van der Waals surface area contributed by atoms with Gasteiger partial charge in [0.1, 0.15) is 16.4 Å². The van der Waals surface area contributed by atoms with E-state index >= 15 is 0 Å². The standard InChI is InChI=1S/C11H11N3O2S/c1-16-11(15)8-9(12)13-6-4-2-3-5-7(6)14-10(8)17/h2-5,13H,12H2,1H3,(H,14,17). The van der Waals surface area contributed by atoms with Crippen LogP contribution >= 0.6 is 12.2 Å². The van der Waals surface area contributed by atoms with E-state index in [0.717, 1.165) is 11.4 Å². The number of nitrogens with two attached hydrogens (primary N) is 1. The Morgan fingerprint density at radius 2 is 1.88 bits per heavy atom. The van der Waals surface area contributed by atoms with Gasteiger partial charge < -0.3 is 21.1 Å². The summed E-state index contributed by atoms with van der Waals surface area (Å²) < 4.78 is 4.64. The van der Waals surface area contributed by atoms with Gasteiger partial charge in [0.15, 0.2) is 0 Å². The Morgan fingerprint density at radius 3 is 2.47 bits per heavy atom. The molecule has 17 heavy (non-hydrogen) atoms. The molecule has 1 aliphatic rings. The topological polar surface area (TPSA) is 76.4 Å². The van der Waals surface area contributed by atoms with Gasteiger partial charge >= 0.3 is 5.97 Å². The lowest BCUT2D eigenvalue weighted by Crippen LogP contribution is -2.24. The van der Waals surface area contributed by atoms with Crippen molar-refractivity contribution in [3.05, 3.63) is 35.7 Å². The van der Waals surface area contributed by atoms with Gasteiger partial charge in [-0.3, -0.25) is 0 Å². The van der Waals surface area contributed by atoms with E-state index in [9.17, 15) is 4.79 Å². The normalized spacial score (nSPS) is 14.3. The zero-order valence-electron chi connectivity index (χ0n) is 9.11. The van der Waals surface area contributed by atoms with Crippen LogP contribution in [0, 0.1) is 0 Å². The molecule has 0 aromatic heterocycles. The maximum atomic E-state index is 11.6. The number of carbonyl (C=O) groups is 1. The zero-order valence-corrected chi connectivity index (χ0v) is 9.93. The van der Waals surface area contributed by atoms with E-state index in [1.807, 2.05) is 24.3 Å². The number of carbonyl (C=O) groups excluding carboxylic acids is 1. The first kappa shape index (κ1) is 11.4. The Morgan fingerprint density at radius 1 is 1.29 bits per heavy atom. The third-order valence-corrected chi connectivity index (χ3v) is 2.64. The predicted molar refractivity (Wildman–Crippen MR) is 69.5 cm³/mol. The second-order valence-corrected chi connectivity index (χ2v) is 3.81. The van der Waals surface area contributed by atoms with Crippen LogP contribution in [-0.4, -0.2) is 18.1 Å². The molecule has 0 saturated carbocycles. The second kappa shape index (κ2) is 4.42. The van der Waals surface area contributed by atoms with Crippen molar-refractivity contribution in [1.82, 2.24) is 0 Å². The number of hydrogen-bond donors (Lipinski definition) is 3. The average molecular weight is 249 g/mol. The van der Waals surface area contributed by atoms with E-state index in [-0.39, 0.29) is 16.4 Å². The van der Waals surface area contributed by atoms with Gasteiger partial charge in [0.25, 0.3) is 0 Å². The molecule has 88 valence electrons. The molecule has 0 amide bonds. The van der Waals surface area contributed by atoms with Gasteiger partial charge in [-0.2, -0.15) is 0 Å². The number of thiocarbonyl (C=S) groups is 1. The minimum absolute atomic E-state index is 0.138. The summed E-state index contributed by atoms with van der Waals surface area (Å²) in [7, 11) is 1.28. The Bertz CT molecular complexity index is 525. The minimum atomic E-state index is -0.569. The van der Waals surface area contributed by atoms with Gasteiger partial charge in [0, 0.05) is 0 Å². The van der Waals surface area contributed by atoms with Crippen LogP contribution in [0.5, 0.6) is 0 Å². The molecule has 4 N–H and O–H groups in total. The summed E-state index contributed by atoms with van der Waals surface area (Å²) in [6, 6.07) is 7.38. The lowest BCUT2D eigenvalue weighted by molar-refractivity contribution is -0.135. The van der Waals surface area contributed by atoms with Crippen molar-refractivity contribution in [1.29, 1.82) is 0 Å². The van der Waals surface area contributed by atoms with Crippen LogP contribution in [-0.2, 0) is 9.53 Å². The maximum Gasteiger partial charge on any atom is 0.344 e. The van der Waals surface area contributed by atoms with Crippen LogP contribution in [0.1, 0.15) is 0 Å². The van der Waals surface area contributed by atoms with Crippen molar-refractivity contribution in [2.75, 3.05) is 17.7 Å². The predicted octanol–water partition coefficient (Wildman–Crippen LogP) is 1.19. The van der Waals surface area contributed by atoms with Crippen LogP contribution in [0.2, 0.25) is 0 Å². The third kappa shape index (κ3) is 2.07. The molecule has 1 aromatic carbocycles. The second-order valence-electron chi connectivity index (χ2n) is 3.40. The summed E-state index contributed by atoms with van der Waals surface area (Å²) in [6.07, 6.45) is 0. The lowest BCUT2D eigenvalue weighted by atomic mass is 10.2. The molecule has 0 unspecified atom stereocenters. The van der Waals surface area contributed by atoms with Gasteiger partial charge in [0.2, 0.25) is 0 Å². The monoisotopic (exact) mass is 249 g/mol. The molecule has 0 aliphatic carbocycles. The molecule has 1 heterocycles. The van der Waals surface area contributed by atoms with Crippen molar-refractivity contribution in [2.45, 2.75) is 0 Å². The highest BCUT2D eigenvalue weighted by atomic mass is 32.1. The van der Waals surface area contributed by atoms with Gasteiger partial charge in [-0.05, 0) is 12.1 Å². The number of hydrogen-bond acceptors (Lipinski definition) is 5. The fourth-order valence-corrected chi connectivity index (χ4v) is 1.82. The number of rotatable bonds is 1. The van der Waals surface area contributed by atoms with Gasteiger partial charge in [-0.15, -0.1) is 0 Å². The highest BCUT2D eigenvalue weighted by Gasteiger charge is 2.23. The quantitative estimate of drug-likeness (QED) is 0.513. The molecule has 0 spiro atoms. The van der Waals surface area contributed by atoms with Crippen molar-refractivity contribution in [2.24, 2.45) is 5.73 Å². The molecule has 6 heteroatoms. The van der Waals surface area contributed by atoms with Crippen molar-refractivity contribution in [3.8, 4) is 0 Å². The van der Waals surface area contributed by atoms with Gasteiger partial charge in [0.05, 0.1) is 18.5 Å². The summed E-state index contributed by atoms with van der Waals surface area (Å²) in [5, 5.41) is 5.87. The number of fused-ring (bicyclic) bond motifs is 1. The van der Waals surface area contributed by atoms with E-state index in [2.05, 4.69) is 15.4 Å². The Hall–Kier alpha value is -2.08. The molecule has 0 fully saturated rings. The Labute approximate surface area is 104 Å². The Balaban J connectivity index is 2.47. The number of methoxy groups -OCH3 is 1. The number of anilines is 2. The molecule has 0 radical (unpaired) electrons. The van der Waals surface area contributed by atoms with Gasteiger partial charge in [-0.25, -0.2) is 4.79 Å². The van der Waals surface area contributed by atoms with Crippen molar-refractivity contribution >= 4 is 34.6 Å². The number of esters is 1. The number of benzene rings is 1. The number of nitrogens with one attached hydrogen (secondary N) is 2. The summed E-state index contributed by atoms with van der Waals surface area (Å²) in [5.74, 6) is -0.389. The van der Waals surface area contributed by atoms with E-state index < -0.39 is 5.97 Å². The number of para-hydroxylation sites is 2. The largest absolute Gasteiger partial charge is 0.465 e. The summed E-state index contributed by atoms with van der Waals surface area (Å²) >= 11 is 5.12. The SMILES string of the molecule is COC(=O)C1=C(N)Nc2ccccc2NC1=S. The van der Waals surface area contributed by atoms with Crippen molar-refractivity contribution < 1.29 is 9.53 Å². The third-order valence-electron chi connectivity index (χ3n) is 2.33. The molecule has 1 aliphatic heterocycles. The van der Waals surface area contributed by atoms with E-state index in [1.165, 1.54) is 7.11 Å². The van der Waals surface area contributed by atoms with Crippen LogP contribution < -0.4 is 16.4 Å². The first-order valence-corrected chi connectivity index (χ1v) is 5.29. The highest BCUT2D eigenvalue weighted by Crippen LogP contribution is 2.26. The molecular weight excluding hydrogens is 238 g/mol. The number of ether oxygens (including phenoxy) is 1. The Kier molecular flexibility index (Phi) is 2.97. The fraction of sp³-hybridized carbons (Fsp3) is 0.0909. The minimum Gasteiger partial charge on any atom is -0.465 e. The van der Waals surface area contributed by atoms with E-state index in [1.54, 1.807) is 0 Å². The fourth-order valence-electron chi connectivity index (χ4n) is 1.52. The summed E-state index contributed by atoms with van der Waals surface area (Å²) in [4.78, 5) is 11.8. The lowest BCUT2D eigenvalue weighted by Gasteiger charge is -2.07. The molecule has 0 atom stereocenters. The molecule has 2 rings (SSSR count). The first-order chi connectivity index (χ1) is 8.13. The molecule has 0 bridgehead atoms. The van der Waals surface area contributed by atoms with Crippen LogP contribution in [0.4, 0.5) is 11.4 Å². The first-order valence-electron chi connectivity index (χ1n) is 4.89. The maximum absolute atomic E-state index is 11.6. The summed E-state index contributed by atoms with van der Waals surface area (Å²) in [5.41, 5.74) is 7.46. The molecule has 5 nitrogen and oxygen atoms in total. The molecule has 0 saturated heterocycles. The van der Waals surface area contributed by atoms with E-state index in [4.69, 9.17) is 18.0 Å². The van der Waals surface area contributed by atoms with Crippen molar-refractivity contribution in [3.63, 3.8) is 0 Å². The van der Waals surface area contributed by atoms with Crippen LogP contribution in [0.3, 0.4) is 0 Å². The van der Waals surface area contributed by atoms with E-state index in [0.29, 0.717) is 0 Å². The molecule has 1 aromatic rings. The van der Waals surface area contributed by atoms with Crippen LogP contribution in [0.15, 0.2) is 35.7 Å². The zero-order chi connectivity index (χ0) is 12.4. The van der Waals surface area contributed by atoms with Crippen LogP contribution in [0.25, 0.3) is 0 Å². The smallest absolute Gasteiger partial charge is 0.344 e.